The van der Waals surface area contributed by atoms with E-state index in [9.17, 15) is 9.65 Å². The number of para-hydroxylation sites is 6. The van der Waals surface area contributed by atoms with Crippen molar-refractivity contribution < 1.29 is 22.0 Å². The molecular formula is C61H32F5N5. The predicted octanol–water partition coefficient (Wildman–Crippen LogP) is 16.3. The van der Waals surface area contributed by atoms with Crippen molar-refractivity contribution in [3.8, 4) is 39.9 Å². The molecule has 0 saturated heterocycles. The Hall–Kier alpha value is -9.46. The van der Waals surface area contributed by atoms with E-state index in [2.05, 4.69) is 51.6 Å². The second-order valence-corrected chi connectivity index (χ2v) is 17.8. The summed E-state index contributed by atoms with van der Waals surface area (Å²) in [5.41, 5.74) is 6.70. The molecule has 0 bridgehead atoms. The Balaban J connectivity index is 1.10. The van der Waals surface area contributed by atoms with E-state index >= 15 is 17.6 Å². The van der Waals surface area contributed by atoms with E-state index < -0.39 is 34.6 Å². The Labute approximate surface area is 399 Å². The summed E-state index contributed by atoms with van der Waals surface area (Å²) < 4.78 is 87.6. The highest BCUT2D eigenvalue weighted by atomic mass is 19.2. The van der Waals surface area contributed by atoms with E-state index in [1.165, 1.54) is 12.1 Å². The summed E-state index contributed by atoms with van der Waals surface area (Å²) in [6, 6.07) is 64.6. The summed E-state index contributed by atoms with van der Waals surface area (Å²) in [6.07, 6.45) is 0. The monoisotopic (exact) mass is 929 g/mol. The number of hydrogen-bond acceptors (Lipinski definition) is 1. The number of hydrogen-bond donors (Lipinski definition) is 0. The first kappa shape index (κ1) is 40.6. The molecule has 0 aliphatic rings. The molecule has 0 radical (unpaired) electrons. The first-order chi connectivity index (χ1) is 34.8. The van der Waals surface area contributed by atoms with Crippen molar-refractivity contribution in [1.82, 2.24) is 18.3 Å². The summed E-state index contributed by atoms with van der Waals surface area (Å²) in [7, 11) is 0. The van der Waals surface area contributed by atoms with Gasteiger partial charge < -0.3 is 18.3 Å². The van der Waals surface area contributed by atoms with Crippen LogP contribution in [0.3, 0.4) is 0 Å². The molecule has 0 amide bonds. The van der Waals surface area contributed by atoms with Gasteiger partial charge in [-0.1, -0.05) is 121 Å². The fourth-order valence-corrected chi connectivity index (χ4v) is 11.2. The molecule has 0 atom stereocenters. The molecular weight excluding hydrogens is 898 g/mol. The van der Waals surface area contributed by atoms with E-state index in [1.807, 2.05) is 150 Å². The third-order valence-corrected chi connectivity index (χ3v) is 14.2. The maximum absolute atomic E-state index is 16.7. The van der Waals surface area contributed by atoms with Gasteiger partial charge in [-0.3, -0.25) is 0 Å². The molecule has 71 heavy (non-hydrogen) atoms. The summed E-state index contributed by atoms with van der Waals surface area (Å²) in [5, 5.41) is 18.7. The van der Waals surface area contributed by atoms with Crippen LogP contribution in [-0.2, 0) is 0 Å². The Morgan fingerprint density at radius 2 is 0.606 bits per heavy atom. The van der Waals surface area contributed by atoms with Crippen molar-refractivity contribution in [3.63, 3.8) is 0 Å². The fraction of sp³-hybridized carbons (Fsp3) is 0. The van der Waals surface area contributed by atoms with Gasteiger partial charge in [0.05, 0.1) is 66.6 Å². The molecule has 336 valence electrons. The van der Waals surface area contributed by atoms with Crippen LogP contribution in [0, 0.1) is 40.4 Å². The molecule has 4 aromatic heterocycles. The lowest BCUT2D eigenvalue weighted by Gasteiger charge is -2.20. The lowest BCUT2D eigenvalue weighted by molar-refractivity contribution is 0.381. The normalized spacial score (nSPS) is 12.0. The van der Waals surface area contributed by atoms with Crippen LogP contribution in [-0.4, -0.2) is 18.3 Å². The standard InChI is InChI=1S/C61H32F5N5/c62-57-56(58(63)60(65)61(66)59(57)64)45-32-52(70-50-23-11-5-17-41(50)43-27-25-35(30-54(43)70)68-46-19-7-1-13-37(46)38-14-2-8-20-47(38)68)34(33-67)29-53(45)71-51-24-12-6-18-42(51)44-28-26-36(31-55(44)71)69-48-21-9-3-15-39(48)40-16-4-10-22-49(40)69/h1-32H. The van der Waals surface area contributed by atoms with Gasteiger partial charge in [0.1, 0.15) is 6.07 Å². The minimum absolute atomic E-state index is 0.0332. The fourth-order valence-electron chi connectivity index (χ4n) is 11.2. The third kappa shape index (κ3) is 5.60. The Bertz CT molecular complexity index is 4540. The molecule has 10 aromatic carbocycles. The molecule has 0 aliphatic heterocycles. The molecule has 5 nitrogen and oxygen atoms in total. The SMILES string of the molecule is N#Cc1cc(-n2c3ccccc3c3ccc(-n4c5ccccc5c5ccccc54)cc32)c(-c2c(F)c(F)c(F)c(F)c2F)cc1-n1c2ccccc2c2ccc(-n3c4ccccc4c4ccccc43)cc21. The van der Waals surface area contributed by atoms with Crippen LogP contribution < -0.4 is 0 Å². The van der Waals surface area contributed by atoms with E-state index in [1.54, 1.807) is 4.57 Å². The van der Waals surface area contributed by atoms with E-state index in [4.69, 9.17) is 0 Å². The van der Waals surface area contributed by atoms with Crippen molar-refractivity contribution >= 4 is 87.2 Å². The predicted molar refractivity (Wildman–Crippen MR) is 274 cm³/mol. The van der Waals surface area contributed by atoms with Crippen LogP contribution in [0.1, 0.15) is 5.56 Å². The minimum Gasteiger partial charge on any atom is -0.309 e. The minimum atomic E-state index is -2.27. The quantitative estimate of drug-likeness (QED) is 0.0963. The van der Waals surface area contributed by atoms with Crippen molar-refractivity contribution in [1.29, 1.82) is 5.26 Å². The molecule has 14 rings (SSSR count). The number of halogens is 5. The maximum Gasteiger partial charge on any atom is 0.200 e. The lowest BCUT2D eigenvalue weighted by atomic mass is 9.97. The third-order valence-electron chi connectivity index (χ3n) is 14.2. The van der Waals surface area contributed by atoms with Gasteiger partial charge in [0, 0.05) is 60.0 Å². The second kappa shape index (κ2) is 15.0. The topological polar surface area (TPSA) is 43.5 Å². The smallest absolute Gasteiger partial charge is 0.200 e. The average molecular weight is 930 g/mol. The Morgan fingerprint density at radius 1 is 0.296 bits per heavy atom. The van der Waals surface area contributed by atoms with E-state index in [-0.39, 0.29) is 22.5 Å². The van der Waals surface area contributed by atoms with Gasteiger partial charge in [0.2, 0.25) is 5.82 Å². The highest BCUT2D eigenvalue weighted by Crippen LogP contribution is 2.45. The van der Waals surface area contributed by atoms with Crippen molar-refractivity contribution in [2.75, 3.05) is 0 Å². The zero-order chi connectivity index (χ0) is 47.8. The van der Waals surface area contributed by atoms with E-state index in [0.29, 0.717) is 22.1 Å². The largest absolute Gasteiger partial charge is 0.309 e. The first-order valence-electron chi connectivity index (χ1n) is 22.9. The van der Waals surface area contributed by atoms with Gasteiger partial charge in [-0.2, -0.15) is 5.26 Å². The highest BCUT2D eigenvalue weighted by Gasteiger charge is 2.31. The molecule has 10 heteroatoms. The second-order valence-electron chi connectivity index (χ2n) is 17.8. The van der Waals surface area contributed by atoms with Crippen LogP contribution in [0.2, 0.25) is 0 Å². The first-order valence-corrected chi connectivity index (χ1v) is 22.9. The lowest BCUT2D eigenvalue weighted by Crippen LogP contribution is -2.09. The zero-order valence-electron chi connectivity index (χ0n) is 37.1. The molecule has 14 aromatic rings. The van der Waals surface area contributed by atoms with Crippen molar-refractivity contribution in [2.45, 2.75) is 0 Å². The summed E-state index contributed by atoms with van der Waals surface area (Å²) in [6.45, 7) is 0. The van der Waals surface area contributed by atoms with Gasteiger partial charge in [-0.05, 0) is 72.8 Å². The summed E-state index contributed by atoms with van der Waals surface area (Å²) >= 11 is 0. The van der Waals surface area contributed by atoms with Crippen LogP contribution in [0.5, 0.6) is 0 Å². The Morgan fingerprint density at radius 3 is 0.972 bits per heavy atom. The van der Waals surface area contributed by atoms with Crippen LogP contribution in [0.15, 0.2) is 194 Å². The number of nitriles is 1. The molecule has 0 unspecified atom stereocenters. The number of fused-ring (bicyclic) bond motifs is 12. The van der Waals surface area contributed by atoms with Crippen molar-refractivity contribution in [2.24, 2.45) is 0 Å². The summed E-state index contributed by atoms with van der Waals surface area (Å²) in [4.78, 5) is 0. The van der Waals surface area contributed by atoms with Gasteiger partial charge >= 0.3 is 0 Å². The number of aromatic nitrogens is 4. The highest BCUT2D eigenvalue weighted by molar-refractivity contribution is 6.14. The number of benzene rings is 10. The molecule has 0 fully saturated rings. The van der Waals surface area contributed by atoms with Crippen LogP contribution >= 0.6 is 0 Å². The number of nitrogens with zero attached hydrogens (tertiary/aromatic N) is 5. The molecule has 0 N–H and O–H groups in total. The van der Waals surface area contributed by atoms with Gasteiger partial charge in [0.15, 0.2) is 23.3 Å². The average Bonchev–Trinajstić information content (AvgIpc) is 4.14. The van der Waals surface area contributed by atoms with Crippen LogP contribution in [0.4, 0.5) is 22.0 Å². The Kier molecular flexibility index (Phi) is 8.59. The van der Waals surface area contributed by atoms with Gasteiger partial charge in [-0.25, -0.2) is 22.0 Å². The molecule has 4 heterocycles. The van der Waals surface area contributed by atoms with Gasteiger partial charge in [-0.15, -0.1) is 0 Å². The maximum atomic E-state index is 16.7. The molecule has 0 saturated carbocycles. The molecule has 0 aliphatic carbocycles. The zero-order valence-corrected chi connectivity index (χ0v) is 37.1. The van der Waals surface area contributed by atoms with Crippen LogP contribution in [0.25, 0.3) is 121 Å². The van der Waals surface area contributed by atoms with Gasteiger partial charge in [0.25, 0.3) is 0 Å². The van der Waals surface area contributed by atoms with Crippen molar-refractivity contribution in [3.05, 3.63) is 229 Å². The number of rotatable bonds is 5. The molecule has 0 spiro atoms. The summed E-state index contributed by atoms with van der Waals surface area (Å²) in [5.74, 6) is -10.4. The van der Waals surface area contributed by atoms with E-state index in [0.717, 1.165) is 76.5 Å².